The zero-order valence-electron chi connectivity index (χ0n) is 7.71. The minimum Gasteiger partial charge on any atom is -0.480 e. The molecule has 4 nitrogen and oxygen atoms in total. The van der Waals surface area contributed by atoms with Gasteiger partial charge in [0.1, 0.15) is 6.04 Å². The number of halogens is 2. The molecule has 0 fully saturated rings. The average Bonchev–Trinajstić information content (AvgIpc) is 2.18. The molecule has 1 aromatic carbocycles. The third kappa shape index (κ3) is 3.70. The Morgan fingerprint density at radius 3 is 2.93 bits per heavy atom. The quantitative estimate of drug-likeness (QED) is 0.793. The fourth-order valence-corrected chi connectivity index (χ4v) is 1.50. The summed E-state index contributed by atoms with van der Waals surface area (Å²) in [5.74, 6) is -1.04. The van der Waals surface area contributed by atoms with Gasteiger partial charge in [-0.25, -0.2) is 0 Å². The number of hydrogen-bond donors (Lipinski definition) is 3. The van der Waals surface area contributed by atoms with Crippen molar-refractivity contribution in [3.05, 3.63) is 27.7 Å². The Labute approximate surface area is 101 Å². The summed E-state index contributed by atoms with van der Waals surface area (Å²) in [5.41, 5.74) is 6.06. The first-order valence-corrected chi connectivity index (χ1v) is 5.35. The molecule has 15 heavy (non-hydrogen) atoms. The zero-order chi connectivity index (χ0) is 11.4. The molecule has 0 aliphatic heterocycles. The van der Waals surface area contributed by atoms with Gasteiger partial charge in [0.05, 0.1) is 0 Å². The van der Waals surface area contributed by atoms with Gasteiger partial charge in [-0.1, -0.05) is 11.6 Å². The summed E-state index contributed by atoms with van der Waals surface area (Å²) in [6.07, 6.45) is 0. The van der Waals surface area contributed by atoms with Crippen LogP contribution in [0.2, 0.25) is 5.02 Å². The van der Waals surface area contributed by atoms with Crippen LogP contribution in [0.3, 0.4) is 0 Å². The van der Waals surface area contributed by atoms with Gasteiger partial charge >= 0.3 is 5.97 Å². The second-order valence-electron chi connectivity index (χ2n) is 2.95. The Kier molecular flexibility index (Phi) is 4.38. The highest BCUT2D eigenvalue weighted by Crippen LogP contribution is 2.25. The van der Waals surface area contributed by atoms with E-state index in [-0.39, 0.29) is 6.54 Å². The zero-order valence-corrected chi connectivity index (χ0v) is 10.0. The van der Waals surface area contributed by atoms with E-state index in [9.17, 15) is 4.79 Å². The van der Waals surface area contributed by atoms with Crippen LogP contribution in [0.1, 0.15) is 0 Å². The maximum absolute atomic E-state index is 10.5. The molecule has 0 amide bonds. The summed E-state index contributed by atoms with van der Waals surface area (Å²) in [7, 11) is 0. The molecule has 4 N–H and O–H groups in total. The van der Waals surface area contributed by atoms with Crippen LogP contribution in [0.5, 0.6) is 0 Å². The molecule has 0 saturated carbocycles. The van der Waals surface area contributed by atoms with E-state index in [4.69, 9.17) is 22.4 Å². The molecule has 0 bridgehead atoms. The molecule has 82 valence electrons. The predicted octanol–water partition coefficient (Wildman–Crippen LogP) is 1.93. The van der Waals surface area contributed by atoms with Gasteiger partial charge in [0.25, 0.3) is 0 Å². The van der Waals surface area contributed by atoms with E-state index in [0.29, 0.717) is 5.02 Å². The van der Waals surface area contributed by atoms with Gasteiger partial charge < -0.3 is 16.2 Å². The van der Waals surface area contributed by atoms with E-state index >= 15 is 0 Å². The van der Waals surface area contributed by atoms with Crippen molar-refractivity contribution >= 4 is 39.2 Å². The molecule has 0 aliphatic rings. The van der Waals surface area contributed by atoms with Gasteiger partial charge in [-0.3, -0.25) is 4.79 Å². The largest absolute Gasteiger partial charge is 0.480 e. The molecule has 1 rings (SSSR count). The van der Waals surface area contributed by atoms with E-state index in [1.165, 1.54) is 0 Å². The van der Waals surface area contributed by atoms with E-state index in [2.05, 4.69) is 21.2 Å². The summed E-state index contributed by atoms with van der Waals surface area (Å²) < 4.78 is 0.810. The summed E-state index contributed by atoms with van der Waals surface area (Å²) in [6, 6.07) is 4.27. The summed E-state index contributed by atoms with van der Waals surface area (Å²) in [6.45, 7) is 0.147. The Balaban J connectivity index is 2.65. The molecule has 0 aliphatic carbocycles. The molecule has 0 saturated heterocycles. The Bertz CT molecular complexity index is 373. The monoisotopic (exact) mass is 292 g/mol. The van der Waals surface area contributed by atoms with Gasteiger partial charge in [-0.15, -0.1) is 0 Å². The maximum atomic E-state index is 10.5. The topological polar surface area (TPSA) is 75.3 Å². The lowest BCUT2D eigenvalue weighted by atomic mass is 10.3. The Morgan fingerprint density at radius 1 is 1.67 bits per heavy atom. The standard InChI is InChI=1S/C9H10BrClN2O2/c10-6-2-1-5(11)3-8(6)13-4-7(12)9(14)15/h1-3,7,13H,4,12H2,(H,14,15). The van der Waals surface area contributed by atoms with Gasteiger partial charge in [0, 0.05) is 21.7 Å². The van der Waals surface area contributed by atoms with Crippen LogP contribution < -0.4 is 11.1 Å². The molecular weight excluding hydrogens is 283 g/mol. The minimum absolute atomic E-state index is 0.147. The van der Waals surface area contributed by atoms with Crippen molar-refractivity contribution in [3.63, 3.8) is 0 Å². The fourth-order valence-electron chi connectivity index (χ4n) is 0.940. The SMILES string of the molecule is NC(CNc1cc(Cl)ccc1Br)C(=O)O. The van der Waals surface area contributed by atoms with Crippen LogP contribution in [-0.2, 0) is 4.79 Å². The fraction of sp³-hybridized carbons (Fsp3) is 0.222. The Hall–Kier alpha value is -0.780. The van der Waals surface area contributed by atoms with E-state index < -0.39 is 12.0 Å². The number of carbonyl (C=O) groups is 1. The van der Waals surface area contributed by atoms with Crippen LogP contribution in [0, 0.1) is 0 Å². The van der Waals surface area contributed by atoms with Crippen LogP contribution in [-0.4, -0.2) is 23.7 Å². The van der Waals surface area contributed by atoms with Crippen molar-refractivity contribution in [2.75, 3.05) is 11.9 Å². The van der Waals surface area contributed by atoms with E-state index in [0.717, 1.165) is 10.2 Å². The lowest BCUT2D eigenvalue weighted by molar-refractivity contribution is -0.138. The van der Waals surface area contributed by atoms with Crippen LogP contribution in [0.15, 0.2) is 22.7 Å². The highest BCUT2D eigenvalue weighted by molar-refractivity contribution is 9.10. The number of rotatable bonds is 4. The van der Waals surface area contributed by atoms with E-state index in [1.54, 1.807) is 18.2 Å². The Morgan fingerprint density at radius 2 is 2.33 bits per heavy atom. The molecule has 1 atom stereocenters. The molecule has 1 aromatic rings. The first-order valence-electron chi connectivity index (χ1n) is 4.18. The van der Waals surface area contributed by atoms with Crippen LogP contribution >= 0.6 is 27.5 Å². The normalized spacial score (nSPS) is 12.2. The molecule has 0 heterocycles. The summed E-state index contributed by atoms with van der Waals surface area (Å²) in [5, 5.41) is 12.1. The maximum Gasteiger partial charge on any atom is 0.322 e. The third-order valence-corrected chi connectivity index (χ3v) is 2.68. The third-order valence-electron chi connectivity index (χ3n) is 1.76. The van der Waals surface area contributed by atoms with Crippen molar-refractivity contribution < 1.29 is 9.90 Å². The van der Waals surface area contributed by atoms with Crippen LogP contribution in [0.25, 0.3) is 0 Å². The smallest absolute Gasteiger partial charge is 0.322 e. The number of aliphatic carboxylic acids is 1. The van der Waals surface area contributed by atoms with Gasteiger partial charge in [-0.2, -0.15) is 0 Å². The number of anilines is 1. The van der Waals surface area contributed by atoms with Crippen LogP contribution in [0.4, 0.5) is 5.69 Å². The first kappa shape index (κ1) is 12.3. The predicted molar refractivity (Wildman–Crippen MR) is 63.3 cm³/mol. The number of carboxylic acids is 1. The lowest BCUT2D eigenvalue weighted by Gasteiger charge is -2.11. The number of carboxylic acid groups (broad SMARTS) is 1. The number of nitrogens with two attached hydrogens (primary N) is 1. The van der Waals surface area contributed by atoms with Gasteiger partial charge in [0.15, 0.2) is 0 Å². The van der Waals surface area contributed by atoms with Crippen molar-refractivity contribution in [2.24, 2.45) is 5.73 Å². The molecule has 6 heteroatoms. The molecule has 0 aromatic heterocycles. The van der Waals surface area contributed by atoms with Crippen molar-refractivity contribution in [1.82, 2.24) is 0 Å². The number of benzene rings is 1. The molecule has 0 radical (unpaired) electrons. The molecular formula is C9H10BrClN2O2. The summed E-state index contributed by atoms with van der Waals surface area (Å²) in [4.78, 5) is 10.5. The van der Waals surface area contributed by atoms with Crippen molar-refractivity contribution in [1.29, 1.82) is 0 Å². The highest BCUT2D eigenvalue weighted by atomic mass is 79.9. The highest BCUT2D eigenvalue weighted by Gasteiger charge is 2.11. The van der Waals surface area contributed by atoms with E-state index in [1.807, 2.05) is 0 Å². The van der Waals surface area contributed by atoms with Gasteiger partial charge in [-0.05, 0) is 34.1 Å². The second kappa shape index (κ2) is 5.34. The number of hydrogen-bond acceptors (Lipinski definition) is 3. The molecule has 1 unspecified atom stereocenters. The first-order chi connectivity index (χ1) is 7.00. The summed E-state index contributed by atoms with van der Waals surface area (Å²) >= 11 is 9.09. The minimum atomic E-state index is -1.04. The number of nitrogens with one attached hydrogen (secondary N) is 1. The second-order valence-corrected chi connectivity index (χ2v) is 4.24. The molecule has 0 spiro atoms. The van der Waals surface area contributed by atoms with Crippen molar-refractivity contribution in [3.8, 4) is 0 Å². The van der Waals surface area contributed by atoms with Gasteiger partial charge in [0.2, 0.25) is 0 Å². The van der Waals surface area contributed by atoms with Crippen molar-refractivity contribution in [2.45, 2.75) is 6.04 Å². The lowest BCUT2D eigenvalue weighted by Crippen LogP contribution is -2.36. The average molecular weight is 294 g/mol.